The topological polar surface area (TPSA) is 115 Å². The van der Waals surface area contributed by atoms with Crippen molar-refractivity contribution < 1.29 is 28.2 Å². The van der Waals surface area contributed by atoms with E-state index in [1.165, 1.54) is 18.2 Å². The maximum Gasteiger partial charge on any atom is 0.355 e. The summed E-state index contributed by atoms with van der Waals surface area (Å²) in [6, 6.07) is 14.7. The fraction of sp³-hybridized carbons (Fsp3) is 0.240. The summed E-state index contributed by atoms with van der Waals surface area (Å²) in [5.74, 6) is -3.92. The number of nitrogens with zero attached hydrogens (tertiary/aromatic N) is 2. The van der Waals surface area contributed by atoms with E-state index in [2.05, 4.69) is 0 Å². The number of para-hydroxylation sites is 1. The lowest BCUT2D eigenvalue weighted by atomic mass is 9.81. The summed E-state index contributed by atoms with van der Waals surface area (Å²) in [6.07, 6.45) is -0.427. The van der Waals surface area contributed by atoms with Gasteiger partial charge in [0, 0.05) is 0 Å². The largest absolute Gasteiger partial charge is 0.486 e. The van der Waals surface area contributed by atoms with Crippen LogP contribution in [0.2, 0.25) is 0 Å². The van der Waals surface area contributed by atoms with Gasteiger partial charge in [0.25, 0.3) is 0 Å². The number of anilines is 1. The number of nitrogens with two attached hydrogens (primary N) is 1. The molecule has 0 radical (unpaired) electrons. The van der Waals surface area contributed by atoms with E-state index >= 15 is 0 Å². The molecule has 0 saturated carbocycles. The van der Waals surface area contributed by atoms with Crippen LogP contribution >= 0.6 is 0 Å². The zero-order valence-corrected chi connectivity index (χ0v) is 19.2. The van der Waals surface area contributed by atoms with Gasteiger partial charge in [0.2, 0.25) is 0 Å². The molecule has 1 aliphatic heterocycles. The molecule has 2 N–H and O–H groups in total. The number of carbonyl (C=O) groups is 2. The lowest BCUT2D eigenvalue weighted by molar-refractivity contribution is -0.139. The summed E-state index contributed by atoms with van der Waals surface area (Å²) in [5.41, 5.74) is 6.48. The van der Waals surface area contributed by atoms with E-state index in [0.29, 0.717) is 5.56 Å². The summed E-state index contributed by atoms with van der Waals surface area (Å²) in [6.45, 7) is 3.41. The van der Waals surface area contributed by atoms with Crippen LogP contribution in [0.5, 0.6) is 5.75 Å². The molecule has 9 heteroatoms. The Hall–Kier alpha value is -4.32. The Morgan fingerprint density at radius 2 is 1.71 bits per heavy atom. The molecule has 34 heavy (non-hydrogen) atoms. The number of rotatable bonds is 6. The Morgan fingerprint density at radius 3 is 2.26 bits per heavy atom. The smallest absolute Gasteiger partial charge is 0.355 e. The van der Waals surface area contributed by atoms with E-state index in [1.54, 1.807) is 44.2 Å². The third kappa shape index (κ3) is 4.30. The van der Waals surface area contributed by atoms with Crippen molar-refractivity contribution >= 4 is 17.6 Å². The third-order valence-electron chi connectivity index (χ3n) is 5.15. The van der Waals surface area contributed by atoms with Crippen LogP contribution in [-0.4, -0.2) is 32.3 Å². The number of nitriles is 1. The molecule has 0 bridgehead atoms. The van der Waals surface area contributed by atoms with Crippen molar-refractivity contribution in [1.82, 2.24) is 0 Å². The number of hydrogen-bond acceptors (Lipinski definition) is 8. The molecule has 0 spiro atoms. The lowest BCUT2D eigenvalue weighted by Gasteiger charge is -2.36. The predicted molar refractivity (Wildman–Crippen MR) is 122 cm³/mol. The highest BCUT2D eigenvalue weighted by Gasteiger charge is 2.43. The van der Waals surface area contributed by atoms with Crippen LogP contribution in [0.3, 0.4) is 0 Å². The average molecular weight is 465 g/mol. The van der Waals surface area contributed by atoms with Gasteiger partial charge in [-0.15, -0.1) is 0 Å². The molecular weight excluding hydrogens is 441 g/mol. The van der Waals surface area contributed by atoms with Gasteiger partial charge in [-0.25, -0.2) is 14.0 Å². The standard InChI is InChI=1S/C25H24FN3O5/c1-14(2)34-22-17(26)11-8-12-18(22)29-21(25(31)33-4)20(24(30)32-3)19(16(13-27)23(29)28)15-9-6-5-7-10-15/h5-12,14,19H,28H2,1-4H3. The minimum atomic E-state index is -1.02. The number of carbonyl (C=O) groups excluding carboxylic acids is 2. The normalized spacial score (nSPS) is 15.8. The Morgan fingerprint density at radius 1 is 1.06 bits per heavy atom. The predicted octanol–water partition coefficient (Wildman–Crippen LogP) is 3.51. The number of halogens is 1. The number of esters is 2. The fourth-order valence-electron chi connectivity index (χ4n) is 3.79. The van der Waals surface area contributed by atoms with Crippen molar-refractivity contribution in [3.05, 3.63) is 82.6 Å². The van der Waals surface area contributed by atoms with Crippen LogP contribution in [-0.2, 0) is 19.1 Å². The highest BCUT2D eigenvalue weighted by Crippen LogP contribution is 2.45. The molecule has 3 rings (SSSR count). The minimum absolute atomic E-state index is 0.0206. The lowest BCUT2D eigenvalue weighted by Crippen LogP contribution is -2.41. The Labute approximate surface area is 196 Å². The van der Waals surface area contributed by atoms with Gasteiger partial charge in [-0.1, -0.05) is 36.4 Å². The van der Waals surface area contributed by atoms with Crippen molar-refractivity contribution in [2.24, 2.45) is 5.73 Å². The van der Waals surface area contributed by atoms with Crippen LogP contribution in [0.1, 0.15) is 25.3 Å². The van der Waals surface area contributed by atoms with E-state index in [1.807, 2.05) is 6.07 Å². The van der Waals surface area contributed by atoms with Crippen LogP contribution in [0.4, 0.5) is 10.1 Å². The molecule has 1 unspecified atom stereocenters. The van der Waals surface area contributed by atoms with Crippen molar-refractivity contribution in [3.8, 4) is 11.8 Å². The Bertz CT molecular complexity index is 1210. The van der Waals surface area contributed by atoms with Gasteiger partial charge in [0.1, 0.15) is 11.5 Å². The van der Waals surface area contributed by atoms with Gasteiger partial charge >= 0.3 is 11.9 Å². The SMILES string of the molecule is COC(=O)C1=C(C(=O)OC)N(c2cccc(F)c2OC(C)C)C(N)=C(C#N)C1c1ccccc1. The summed E-state index contributed by atoms with van der Waals surface area (Å²) < 4.78 is 30.5. The van der Waals surface area contributed by atoms with Crippen LogP contribution in [0, 0.1) is 17.1 Å². The number of ether oxygens (including phenoxy) is 3. The van der Waals surface area contributed by atoms with Crippen LogP contribution < -0.4 is 15.4 Å². The number of benzene rings is 2. The van der Waals surface area contributed by atoms with Gasteiger partial charge in [-0.2, -0.15) is 5.26 Å². The second-order valence-electron chi connectivity index (χ2n) is 7.59. The van der Waals surface area contributed by atoms with Crippen LogP contribution in [0.15, 0.2) is 71.2 Å². The molecule has 176 valence electrons. The van der Waals surface area contributed by atoms with Gasteiger partial charge in [-0.05, 0) is 31.5 Å². The first-order chi connectivity index (χ1) is 16.3. The fourth-order valence-corrected chi connectivity index (χ4v) is 3.79. The molecule has 0 saturated heterocycles. The van der Waals surface area contributed by atoms with Gasteiger partial charge in [-0.3, -0.25) is 4.90 Å². The Balaban J connectivity index is 2.45. The van der Waals surface area contributed by atoms with Gasteiger partial charge < -0.3 is 19.9 Å². The maximum absolute atomic E-state index is 14.8. The number of hydrogen-bond donors (Lipinski definition) is 1. The molecule has 2 aromatic rings. The van der Waals surface area contributed by atoms with Crippen molar-refractivity contribution in [2.75, 3.05) is 19.1 Å². The van der Waals surface area contributed by atoms with E-state index in [9.17, 15) is 19.2 Å². The van der Waals surface area contributed by atoms with E-state index in [0.717, 1.165) is 19.1 Å². The molecule has 1 aliphatic rings. The van der Waals surface area contributed by atoms with Crippen molar-refractivity contribution in [1.29, 1.82) is 5.26 Å². The first-order valence-corrected chi connectivity index (χ1v) is 10.4. The van der Waals surface area contributed by atoms with Gasteiger partial charge in [0.05, 0.1) is 49.1 Å². The first kappa shape index (κ1) is 24.3. The molecule has 2 aromatic carbocycles. The Kier molecular flexibility index (Phi) is 7.21. The zero-order chi connectivity index (χ0) is 25.0. The molecule has 0 fully saturated rings. The minimum Gasteiger partial charge on any atom is -0.486 e. The van der Waals surface area contributed by atoms with Gasteiger partial charge in [0.15, 0.2) is 11.6 Å². The molecule has 0 aromatic heterocycles. The number of methoxy groups -OCH3 is 2. The maximum atomic E-state index is 14.8. The van der Waals surface area contributed by atoms with E-state index in [4.69, 9.17) is 19.9 Å². The van der Waals surface area contributed by atoms with E-state index in [-0.39, 0.29) is 34.1 Å². The molecule has 1 atom stereocenters. The quantitative estimate of drug-likeness (QED) is 0.645. The highest BCUT2D eigenvalue weighted by molar-refractivity contribution is 6.06. The average Bonchev–Trinajstić information content (AvgIpc) is 2.84. The number of allylic oxidation sites excluding steroid dienone is 1. The molecule has 0 amide bonds. The highest BCUT2D eigenvalue weighted by atomic mass is 19.1. The molecule has 8 nitrogen and oxygen atoms in total. The second-order valence-corrected chi connectivity index (χ2v) is 7.59. The first-order valence-electron chi connectivity index (χ1n) is 10.4. The van der Waals surface area contributed by atoms with Crippen molar-refractivity contribution in [3.63, 3.8) is 0 Å². The summed E-state index contributed by atoms with van der Waals surface area (Å²) >= 11 is 0. The van der Waals surface area contributed by atoms with E-state index < -0.39 is 29.8 Å². The zero-order valence-electron chi connectivity index (χ0n) is 19.2. The molecular formula is C25H24FN3O5. The third-order valence-corrected chi connectivity index (χ3v) is 5.15. The van der Waals surface area contributed by atoms with Crippen LogP contribution in [0.25, 0.3) is 0 Å². The molecule has 0 aliphatic carbocycles. The van der Waals surface area contributed by atoms with Crippen molar-refractivity contribution in [2.45, 2.75) is 25.9 Å². The summed E-state index contributed by atoms with van der Waals surface area (Å²) in [5, 5.41) is 10.1. The monoisotopic (exact) mass is 465 g/mol. The second kappa shape index (κ2) is 10.1. The molecule has 1 heterocycles. The summed E-state index contributed by atoms with van der Waals surface area (Å²) in [7, 11) is 2.29. The summed E-state index contributed by atoms with van der Waals surface area (Å²) in [4.78, 5) is 27.3.